The summed E-state index contributed by atoms with van der Waals surface area (Å²) in [7, 11) is 2.95. The van der Waals surface area contributed by atoms with Crippen molar-refractivity contribution in [1.82, 2.24) is 14.1 Å². The maximum Gasteiger partial charge on any atom is 0.332 e. The van der Waals surface area contributed by atoms with Crippen LogP contribution in [0.3, 0.4) is 0 Å². The molecule has 0 radical (unpaired) electrons. The van der Waals surface area contributed by atoms with E-state index in [0.29, 0.717) is 17.0 Å². The zero-order chi connectivity index (χ0) is 20.6. The fourth-order valence-electron chi connectivity index (χ4n) is 3.14. The van der Waals surface area contributed by atoms with Crippen molar-refractivity contribution in [3.05, 3.63) is 61.9 Å². The van der Waals surface area contributed by atoms with E-state index in [2.05, 4.69) is 10.3 Å². The minimum absolute atomic E-state index is 0.170. The van der Waals surface area contributed by atoms with E-state index in [4.69, 9.17) is 4.74 Å². The lowest BCUT2D eigenvalue weighted by atomic mass is 10.1. The summed E-state index contributed by atoms with van der Waals surface area (Å²) in [4.78, 5) is 42.4. The molecule has 0 spiro atoms. The molecule has 0 saturated carbocycles. The van der Waals surface area contributed by atoms with Gasteiger partial charge < -0.3 is 10.1 Å². The van der Waals surface area contributed by atoms with Gasteiger partial charge in [-0.15, -0.1) is 0 Å². The van der Waals surface area contributed by atoms with Crippen molar-refractivity contribution in [3.8, 4) is 5.75 Å². The van der Waals surface area contributed by atoms with Crippen LogP contribution in [-0.4, -0.2) is 27.1 Å². The number of ether oxygens (including phenoxy) is 1. The normalized spacial score (nSPS) is 10.9. The van der Waals surface area contributed by atoms with Crippen LogP contribution in [-0.2, 0) is 18.4 Å². The van der Waals surface area contributed by atoms with Gasteiger partial charge in [-0.05, 0) is 38.0 Å². The van der Waals surface area contributed by atoms with E-state index in [1.54, 1.807) is 13.0 Å². The maximum atomic E-state index is 13.0. The average molecular weight is 382 g/mol. The molecule has 0 aliphatic carbocycles. The number of hydrogen-bond acceptors (Lipinski definition) is 5. The monoisotopic (exact) mass is 382 g/mol. The van der Waals surface area contributed by atoms with E-state index in [9.17, 15) is 14.4 Å². The van der Waals surface area contributed by atoms with E-state index < -0.39 is 23.7 Å². The molecular weight excluding hydrogens is 360 g/mol. The molecule has 2 aromatic heterocycles. The number of fused-ring (bicyclic) bond motifs is 1. The van der Waals surface area contributed by atoms with Crippen molar-refractivity contribution >= 4 is 22.6 Å². The van der Waals surface area contributed by atoms with E-state index in [1.807, 2.05) is 26.0 Å². The minimum Gasteiger partial charge on any atom is -0.495 e. The molecule has 0 bridgehead atoms. The molecule has 0 atom stereocenters. The number of methoxy groups -OCH3 is 1. The molecule has 3 rings (SSSR count). The van der Waals surface area contributed by atoms with Crippen LogP contribution in [0.25, 0.3) is 11.0 Å². The lowest BCUT2D eigenvalue weighted by Gasteiger charge is -2.14. The van der Waals surface area contributed by atoms with Gasteiger partial charge in [-0.3, -0.25) is 14.2 Å². The Morgan fingerprint density at radius 2 is 1.89 bits per heavy atom. The Labute approximate surface area is 161 Å². The molecule has 146 valence electrons. The second-order valence-electron chi connectivity index (χ2n) is 6.70. The Bertz CT molecular complexity index is 1210. The molecule has 8 nitrogen and oxygen atoms in total. The number of nitrogens with one attached hydrogen (secondary N) is 1. The fourth-order valence-corrected chi connectivity index (χ4v) is 3.14. The number of aromatic nitrogens is 3. The Morgan fingerprint density at radius 3 is 2.57 bits per heavy atom. The largest absolute Gasteiger partial charge is 0.495 e. The van der Waals surface area contributed by atoms with Crippen LogP contribution in [0.5, 0.6) is 5.75 Å². The van der Waals surface area contributed by atoms with Gasteiger partial charge >= 0.3 is 5.69 Å². The lowest BCUT2D eigenvalue weighted by molar-refractivity contribution is -0.116. The lowest BCUT2D eigenvalue weighted by Crippen LogP contribution is -2.42. The standard InChI is InChI=1S/C20H22N4O4/c1-11-7-6-8-14(13(11)3)22-15(25)10-24-19(26)16-17(28-5)12(2)9-21-18(16)23(4)20(24)27/h6-9H,10H2,1-5H3,(H,22,25). The van der Waals surface area contributed by atoms with Crippen molar-refractivity contribution in [1.29, 1.82) is 0 Å². The third kappa shape index (κ3) is 3.17. The first kappa shape index (κ1) is 19.3. The first-order valence-corrected chi connectivity index (χ1v) is 8.75. The molecule has 0 aliphatic heterocycles. The number of rotatable bonds is 4. The SMILES string of the molecule is COc1c(C)cnc2c1c(=O)n(CC(=O)Nc1cccc(C)c1C)c(=O)n2C. The predicted octanol–water partition coefficient (Wildman–Crippen LogP) is 1.67. The zero-order valence-corrected chi connectivity index (χ0v) is 16.5. The Morgan fingerprint density at radius 1 is 1.18 bits per heavy atom. The van der Waals surface area contributed by atoms with Crippen LogP contribution < -0.4 is 21.3 Å². The van der Waals surface area contributed by atoms with Crippen molar-refractivity contribution < 1.29 is 9.53 Å². The van der Waals surface area contributed by atoms with Crippen molar-refractivity contribution in [3.63, 3.8) is 0 Å². The molecule has 0 saturated heterocycles. The van der Waals surface area contributed by atoms with E-state index in [1.165, 1.54) is 24.9 Å². The number of pyridine rings is 1. The van der Waals surface area contributed by atoms with E-state index in [-0.39, 0.29) is 11.0 Å². The summed E-state index contributed by atoms with van der Waals surface area (Å²) in [6, 6.07) is 5.55. The second-order valence-corrected chi connectivity index (χ2v) is 6.70. The summed E-state index contributed by atoms with van der Waals surface area (Å²) in [6.07, 6.45) is 1.54. The summed E-state index contributed by atoms with van der Waals surface area (Å²) in [6.45, 7) is 5.18. The zero-order valence-electron chi connectivity index (χ0n) is 16.5. The fraction of sp³-hybridized carbons (Fsp3) is 0.300. The molecule has 28 heavy (non-hydrogen) atoms. The van der Waals surface area contributed by atoms with Gasteiger partial charge in [-0.2, -0.15) is 0 Å². The van der Waals surface area contributed by atoms with Gasteiger partial charge in [0.15, 0.2) is 5.65 Å². The summed E-state index contributed by atoms with van der Waals surface area (Å²) >= 11 is 0. The Kier molecular flexibility index (Phi) is 5.04. The summed E-state index contributed by atoms with van der Waals surface area (Å²) < 4.78 is 7.48. The van der Waals surface area contributed by atoms with Gasteiger partial charge in [-0.1, -0.05) is 12.1 Å². The van der Waals surface area contributed by atoms with Gasteiger partial charge in [-0.25, -0.2) is 14.3 Å². The Balaban J connectivity index is 2.08. The van der Waals surface area contributed by atoms with Crippen LogP contribution in [0, 0.1) is 20.8 Å². The average Bonchev–Trinajstić information content (AvgIpc) is 2.66. The first-order chi connectivity index (χ1) is 13.3. The molecular formula is C20H22N4O4. The number of amides is 1. The van der Waals surface area contributed by atoms with Crippen molar-refractivity contribution in [2.45, 2.75) is 27.3 Å². The highest BCUT2D eigenvalue weighted by atomic mass is 16.5. The predicted molar refractivity (Wildman–Crippen MR) is 107 cm³/mol. The molecule has 0 aliphatic rings. The number of anilines is 1. The number of carbonyl (C=O) groups is 1. The quantitative estimate of drug-likeness (QED) is 0.741. The third-order valence-electron chi connectivity index (χ3n) is 4.87. The number of hydrogen-bond donors (Lipinski definition) is 1. The van der Waals surface area contributed by atoms with Crippen LogP contribution in [0.2, 0.25) is 0 Å². The number of benzene rings is 1. The smallest absolute Gasteiger partial charge is 0.332 e. The highest BCUT2D eigenvalue weighted by Crippen LogP contribution is 2.23. The van der Waals surface area contributed by atoms with Gasteiger partial charge in [0.05, 0.1) is 7.11 Å². The van der Waals surface area contributed by atoms with Gasteiger partial charge in [0.2, 0.25) is 5.91 Å². The molecule has 8 heteroatoms. The minimum atomic E-state index is -0.618. The topological polar surface area (TPSA) is 95.2 Å². The Hall–Kier alpha value is -3.42. The summed E-state index contributed by atoms with van der Waals surface area (Å²) in [5, 5.41) is 2.94. The molecule has 2 heterocycles. The molecule has 1 aromatic carbocycles. The van der Waals surface area contributed by atoms with Gasteiger partial charge in [0, 0.05) is 24.5 Å². The summed E-state index contributed by atoms with van der Waals surface area (Å²) in [5.41, 5.74) is 2.25. The van der Waals surface area contributed by atoms with Crippen LogP contribution in [0.15, 0.2) is 34.0 Å². The molecule has 0 fully saturated rings. The maximum absolute atomic E-state index is 13.0. The summed E-state index contributed by atoms with van der Waals surface area (Å²) in [5.74, 6) is -0.124. The highest BCUT2D eigenvalue weighted by molar-refractivity contribution is 5.91. The van der Waals surface area contributed by atoms with Crippen molar-refractivity contribution in [2.24, 2.45) is 7.05 Å². The second kappa shape index (κ2) is 7.30. The number of aryl methyl sites for hydroxylation is 3. The van der Waals surface area contributed by atoms with Gasteiger partial charge in [0.1, 0.15) is 17.7 Å². The van der Waals surface area contributed by atoms with E-state index in [0.717, 1.165) is 15.7 Å². The highest BCUT2D eigenvalue weighted by Gasteiger charge is 2.19. The van der Waals surface area contributed by atoms with Crippen molar-refractivity contribution in [2.75, 3.05) is 12.4 Å². The number of carbonyl (C=O) groups excluding carboxylic acids is 1. The number of nitrogens with zero attached hydrogens (tertiary/aromatic N) is 3. The molecule has 1 amide bonds. The molecule has 0 unspecified atom stereocenters. The van der Waals surface area contributed by atoms with E-state index >= 15 is 0 Å². The van der Waals surface area contributed by atoms with Crippen LogP contribution in [0.4, 0.5) is 5.69 Å². The molecule has 3 aromatic rings. The third-order valence-corrected chi connectivity index (χ3v) is 4.87. The molecule has 1 N–H and O–H groups in total. The van der Waals surface area contributed by atoms with Gasteiger partial charge in [0.25, 0.3) is 5.56 Å². The van der Waals surface area contributed by atoms with Crippen LogP contribution >= 0.6 is 0 Å². The first-order valence-electron chi connectivity index (χ1n) is 8.75. The van der Waals surface area contributed by atoms with Crippen LogP contribution in [0.1, 0.15) is 16.7 Å².